The Kier molecular flexibility index (Phi) is 5.22. The number of nitrogens with zero attached hydrogens (tertiary/aromatic N) is 1. The second kappa shape index (κ2) is 6.71. The molecule has 110 valence electrons. The Morgan fingerprint density at radius 1 is 1.26 bits per heavy atom. The van der Waals surface area contributed by atoms with Gasteiger partial charge in [0.2, 0.25) is 5.91 Å². The lowest BCUT2D eigenvalue weighted by Gasteiger charge is -2.38. The van der Waals surface area contributed by atoms with Crippen molar-refractivity contribution >= 4 is 5.91 Å². The van der Waals surface area contributed by atoms with Crippen molar-refractivity contribution in [3.63, 3.8) is 0 Å². The number of nitrogens with one attached hydrogen (secondary N) is 1. The lowest BCUT2D eigenvalue weighted by molar-refractivity contribution is -0.137. The molecule has 19 heavy (non-hydrogen) atoms. The van der Waals surface area contributed by atoms with E-state index in [9.17, 15) is 4.79 Å². The number of hydrogen-bond donors (Lipinski definition) is 2. The van der Waals surface area contributed by atoms with E-state index in [-0.39, 0.29) is 17.9 Å². The van der Waals surface area contributed by atoms with E-state index in [0.717, 1.165) is 38.4 Å². The van der Waals surface area contributed by atoms with Crippen LogP contribution in [0.15, 0.2) is 0 Å². The summed E-state index contributed by atoms with van der Waals surface area (Å²) in [6.45, 7) is 6.98. The maximum Gasteiger partial charge on any atom is 0.240 e. The maximum atomic E-state index is 12.4. The average molecular weight is 267 g/mol. The molecule has 2 fully saturated rings. The number of amides is 1. The van der Waals surface area contributed by atoms with Gasteiger partial charge in [-0.05, 0) is 50.5 Å². The van der Waals surface area contributed by atoms with Gasteiger partial charge in [-0.2, -0.15) is 0 Å². The van der Waals surface area contributed by atoms with Crippen molar-refractivity contribution in [3.05, 3.63) is 0 Å². The van der Waals surface area contributed by atoms with E-state index < -0.39 is 0 Å². The number of rotatable bonds is 6. The molecule has 1 saturated carbocycles. The van der Waals surface area contributed by atoms with Crippen molar-refractivity contribution < 1.29 is 4.79 Å². The van der Waals surface area contributed by atoms with E-state index >= 15 is 0 Å². The fraction of sp³-hybridized carbons (Fsp3) is 0.933. The quantitative estimate of drug-likeness (QED) is 0.764. The van der Waals surface area contributed by atoms with Crippen LogP contribution in [-0.2, 0) is 4.79 Å². The highest BCUT2D eigenvalue weighted by Crippen LogP contribution is 2.27. The van der Waals surface area contributed by atoms with Crippen molar-refractivity contribution in [2.24, 2.45) is 17.6 Å². The van der Waals surface area contributed by atoms with Gasteiger partial charge < -0.3 is 16.0 Å². The molecule has 0 aromatic heterocycles. The zero-order chi connectivity index (χ0) is 13.8. The summed E-state index contributed by atoms with van der Waals surface area (Å²) in [5.74, 6) is 1.26. The first-order valence-corrected chi connectivity index (χ1v) is 7.86. The van der Waals surface area contributed by atoms with Gasteiger partial charge >= 0.3 is 0 Å². The van der Waals surface area contributed by atoms with E-state index in [1.54, 1.807) is 0 Å². The third-order valence-corrected chi connectivity index (χ3v) is 4.42. The lowest BCUT2D eigenvalue weighted by Crippen LogP contribution is -2.55. The number of nitrogens with two attached hydrogens (primary N) is 1. The van der Waals surface area contributed by atoms with Crippen molar-refractivity contribution in [2.75, 3.05) is 19.6 Å². The predicted octanol–water partition coefficient (Wildman–Crippen LogP) is 1.35. The minimum atomic E-state index is -0.343. The normalized spacial score (nSPS) is 25.7. The first-order chi connectivity index (χ1) is 9.09. The van der Waals surface area contributed by atoms with Gasteiger partial charge in [-0.15, -0.1) is 0 Å². The Morgan fingerprint density at radius 2 is 2.00 bits per heavy atom. The molecule has 4 heteroatoms. The van der Waals surface area contributed by atoms with Crippen LogP contribution in [0.3, 0.4) is 0 Å². The lowest BCUT2D eigenvalue weighted by atomic mass is 9.98. The van der Waals surface area contributed by atoms with Gasteiger partial charge in [0.15, 0.2) is 0 Å². The first-order valence-electron chi connectivity index (χ1n) is 7.86. The highest BCUT2D eigenvalue weighted by Gasteiger charge is 2.31. The Balaban J connectivity index is 1.84. The van der Waals surface area contributed by atoms with Gasteiger partial charge in [0.05, 0.1) is 6.04 Å². The minimum Gasteiger partial charge on any atom is -0.337 e. The van der Waals surface area contributed by atoms with Crippen LogP contribution >= 0.6 is 0 Å². The summed E-state index contributed by atoms with van der Waals surface area (Å²) in [5.41, 5.74) is 6.03. The predicted molar refractivity (Wildman–Crippen MR) is 77.8 cm³/mol. The Morgan fingerprint density at radius 3 is 2.63 bits per heavy atom. The fourth-order valence-corrected chi connectivity index (χ4v) is 2.76. The van der Waals surface area contributed by atoms with Crippen LogP contribution in [0.4, 0.5) is 0 Å². The maximum absolute atomic E-state index is 12.4. The number of carbonyl (C=O) groups is 1. The van der Waals surface area contributed by atoms with Crippen LogP contribution in [0.5, 0.6) is 0 Å². The number of piperidine rings is 1. The molecular formula is C15H29N3O. The van der Waals surface area contributed by atoms with Crippen molar-refractivity contribution in [1.29, 1.82) is 0 Å². The van der Waals surface area contributed by atoms with Crippen molar-refractivity contribution in [3.8, 4) is 0 Å². The first kappa shape index (κ1) is 14.8. The molecular weight excluding hydrogens is 238 g/mol. The standard InChI is InChI=1S/C15H29N3O/c1-11(2)14(16)15(19)18-8-4-3-5-13(18)10-17-9-12-6-7-12/h11-14,17H,3-10,16H2,1-2H3/t13-,14?/m0/s1. The summed E-state index contributed by atoms with van der Waals surface area (Å²) in [6.07, 6.45) is 6.22. The van der Waals surface area contributed by atoms with Crippen LogP contribution in [0.25, 0.3) is 0 Å². The molecule has 0 aromatic carbocycles. The number of hydrogen-bond acceptors (Lipinski definition) is 3. The summed E-state index contributed by atoms with van der Waals surface area (Å²) >= 11 is 0. The Bertz CT molecular complexity index is 302. The minimum absolute atomic E-state index is 0.146. The molecule has 2 rings (SSSR count). The van der Waals surface area contributed by atoms with E-state index in [2.05, 4.69) is 5.32 Å². The third-order valence-electron chi connectivity index (χ3n) is 4.42. The number of carbonyl (C=O) groups excluding carboxylic acids is 1. The Hall–Kier alpha value is -0.610. The van der Waals surface area contributed by atoms with Crippen LogP contribution in [0, 0.1) is 11.8 Å². The van der Waals surface area contributed by atoms with Crippen LogP contribution in [-0.4, -0.2) is 42.5 Å². The van der Waals surface area contributed by atoms with Gasteiger partial charge in [-0.25, -0.2) is 0 Å². The molecule has 3 N–H and O–H groups in total. The second-order valence-corrected chi connectivity index (χ2v) is 6.55. The fourth-order valence-electron chi connectivity index (χ4n) is 2.76. The van der Waals surface area contributed by atoms with Crippen LogP contribution in [0.2, 0.25) is 0 Å². The summed E-state index contributed by atoms with van der Waals surface area (Å²) < 4.78 is 0. The SMILES string of the molecule is CC(C)C(N)C(=O)N1CCCC[C@H]1CNCC1CC1. The Labute approximate surface area is 117 Å². The van der Waals surface area contributed by atoms with E-state index in [1.807, 2.05) is 18.7 Å². The molecule has 1 heterocycles. The van der Waals surface area contributed by atoms with Gasteiger partial charge in [0.25, 0.3) is 0 Å². The molecule has 2 atom stereocenters. The molecule has 0 aromatic rings. The molecule has 2 aliphatic rings. The largest absolute Gasteiger partial charge is 0.337 e. The van der Waals surface area contributed by atoms with Crippen molar-refractivity contribution in [2.45, 2.75) is 58.0 Å². The van der Waals surface area contributed by atoms with Crippen LogP contribution < -0.4 is 11.1 Å². The molecule has 1 aliphatic carbocycles. The highest BCUT2D eigenvalue weighted by atomic mass is 16.2. The summed E-state index contributed by atoms with van der Waals surface area (Å²) in [5, 5.41) is 3.54. The summed E-state index contributed by atoms with van der Waals surface area (Å²) in [7, 11) is 0. The van der Waals surface area contributed by atoms with E-state index in [1.165, 1.54) is 19.3 Å². The third kappa shape index (κ3) is 4.18. The molecule has 1 aliphatic heterocycles. The smallest absolute Gasteiger partial charge is 0.240 e. The molecule has 0 radical (unpaired) electrons. The molecule has 0 spiro atoms. The zero-order valence-electron chi connectivity index (χ0n) is 12.4. The molecule has 4 nitrogen and oxygen atoms in total. The molecule has 0 bridgehead atoms. The zero-order valence-corrected chi connectivity index (χ0v) is 12.4. The van der Waals surface area contributed by atoms with Gasteiger partial charge in [-0.1, -0.05) is 13.8 Å². The second-order valence-electron chi connectivity index (χ2n) is 6.55. The van der Waals surface area contributed by atoms with E-state index in [0.29, 0.717) is 6.04 Å². The topological polar surface area (TPSA) is 58.4 Å². The average Bonchev–Trinajstić information content (AvgIpc) is 3.21. The summed E-state index contributed by atoms with van der Waals surface area (Å²) in [4.78, 5) is 14.5. The van der Waals surface area contributed by atoms with Gasteiger partial charge in [0, 0.05) is 19.1 Å². The van der Waals surface area contributed by atoms with Gasteiger partial charge in [0.1, 0.15) is 0 Å². The van der Waals surface area contributed by atoms with Crippen molar-refractivity contribution in [1.82, 2.24) is 10.2 Å². The number of likely N-dealkylation sites (tertiary alicyclic amines) is 1. The molecule has 1 unspecified atom stereocenters. The molecule has 1 saturated heterocycles. The highest BCUT2D eigenvalue weighted by molar-refractivity contribution is 5.82. The summed E-state index contributed by atoms with van der Waals surface area (Å²) in [6, 6.07) is 0.00818. The molecule has 1 amide bonds. The van der Waals surface area contributed by atoms with Gasteiger partial charge in [-0.3, -0.25) is 4.79 Å². The van der Waals surface area contributed by atoms with E-state index in [4.69, 9.17) is 5.73 Å². The monoisotopic (exact) mass is 267 g/mol. The van der Waals surface area contributed by atoms with Crippen LogP contribution in [0.1, 0.15) is 46.0 Å².